The van der Waals surface area contributed by atoms with E-state index in [1.165, 1.54) is 0 Å². The quantitative estimate of drug-likeness (QED) is 0.116. The number of aliphatic carboxylic acids is 1. The highest BCUT2D eigenvalue weighted by molar-refractivity contribution is 6.04. The van der Waals surface area contributed by atoms with Gasteiger partial charge >= 0.3 is 5.97 Å². The Morgan fingerprint density at radius 1 is 0.841 bits per heavy atom. The smallest absolute Gasteiger partial charge is 0.307 e. The summed E-state index contributed by atoms with van der Waals surface area (Å²) in [5, 5.41) is 16.1. The van der Waals surface area contributed by atoms with Crippen LogP contribution >= 0.6 is 0 Å². The van der Waals surface area contributed by atoms with Crippen LogP contribution in [0.2, 0.25) is 0 Å². The largest absolute Gasteiger partial charge is 0.493 e. The number of amides is 1. The second kappa shape index (κ2) is 14.6. The highest BCUT2D eigenvalue weighted by Gasteiger charge is 2.13. The lowest BCUT2D eigenvalue weighted by molar-refractivity contribution is -0.136. The molecule has 0 radical (unpaired) electrons. The Balaban J connectivity index is 1.17. The van der Waals surface area contributed by atoms with Crippen molar-refractivity contribution >= 4 is 34.2 Å². The molecule has 0 aliphatic rings. The second-order valence-corrected chi connectivity index (χ2v) is 9.99. The van der Waals surface area contributed by atoms with Crippen molar-refractivity contribution in [3.05, 3.63) is 114 Å². The molecular formula is C35H33N3O6. The van der Waals surface area contributed by atoms with Crippen LogP contribution < -0.4 is 24.8 Å². The number of rotatable bonds is 14. The number of carboxylic acids is 1. The zero-order valence-corrected chi connectivity index (χ0v) is 24.3. The van der Waals surface area contributed by atoms with Gasteiger partial charge in [-0.25, -0.2) is 0 Å². The minimum absolute atomic E-state index is 0.0179. The average Bonchev–Trinajstić information content (AvgIpc) is 3.04. The molecule has 0 fully saturated rings. The predicted molar refractivity (Wildman–Crippen MR) is 170 cm³/mol. The SMILES string of the molecule is COc1cc2c(Oc3ccc(NC(=O)c4ccccc4)cc3)ccnc2cc1OCCCCNc1ccccc1CC(=O)O. The molecular weight excluding hydrogens is 558 g/mol. The number of fused-ring (bicyclic) bond motifs is 1. The van der Waals surface area contributed by atoms with Crippen molar-refractivity contribution in [2.45, 2.75) is 19.3 Å². The summed E-state index contributed by atoms with van der Waals surface area (Å²) in [7, 11) is 1.59. The number of carbonyl (C=O) groups excluding carboxylic acids is 1. The third kappa shape index (κ3) is 7.83. The number of unbranched alkanes of at least 4 members (excludes halogenated alkanes) is 1. The van der Waals surface area contributed by atoms with E-state index in [1.54, 1.807) is 55.8 Å². The van der Waals surface area contributed by atoms with Gasteiger partial charge in [-0.15, -0.1) is 0 Å². The van der Waals surface area contributed by atoms with E-state index >= 15 is 0 Å². The fraction of sp³-hybridized carbons (Fsp3) is 0.171. The topological polar surface area (TPSA) is 119 Å². The number of ether oxygens (including phenoxy) is 3. The number of pyridine rings is 1. The van der Waals surface area contributed by atoms with E-state index in [0.717, 1.165) is 29.5 Å². The van der Waals surface area contributed by atoms with Gasteiger partial charge in [-0.3, -0.25) is 14.6 Å². The summed E-state index contributed by atoms with van der Waals surface area (Å²) in [5.41, 5.74) is 3.54. The molecule has 5 rings (SSSR count). The van der Waals surface area contributed by atoms with Crippen molar-refractivity contribution < 1.29 is 28.9 Å². The molecule has 0 bridgehead atoms. The zero-order valence-electron chi connectivity index (χ0n) is 24.3. The molecule has 4 aromatic carbocycles. The first-order valence-corrected chi connectivity index (χ1v) is 14.3. The van der Waals surface area contributed by atoms with Crippen molar-refractivity contribution in [3.8, 4) is 23.0 Å². The van der Waals surface area contributed by atoms with Crippen molar-refractivity contribution in [1.29, 1.82) is 0 Å². The average molecular weight is 592 g/mol. The van der Waals surface area contributed by atoms with Crippen LogP contribution in [0.15, 0.2) is 103 Å². The Labute approximate surface area is 255 Å². The van der Waals surface area contributed by atoms with Crippen LogP contribution in [0.1, 0.15) is 28.8 Å². The summed E-state index contributed by atoms with van der Waals surface area (Å²) >= 11 is 0. The Hall–Kier alpha value is -5.57. The number of nitrogens with one attached hydrogen (secondary N) is 2. The minimum atomic E-state index is -0.856. The van der Waals surface area contributed by atoms with Gasteiger partial charge < -0.3 is 30.0 Å². The highest BCUT2D eigenvalue weighted by Crippen LogP contribution is 2.37. The molecule has 0 atom stereocenters. The minimum Gasteiger partial charge on any atom is -0.493 e. The van der Waals surface area contributed by atoms with E-state index < -0.39 is 5.97 Å². The normalized spacial score (nSPS) is 10.7. The molecule has 9 nitrogen and oxygen atoms in total. The molecule has 0 spiro atoms. The summed E-state index contributed by atoms with van der Waals surface area (Å²) in [6.07, 6.45) is 3.28. The molecule has 44 heavy (non-hydrogen) atoms. The van der Waals surface area contributed by atoms with E-state index in [4.69, 9.17) is 19.3 Å². The van der Waals surface area contributed by atoms with E-state index in [1.807, 2.05) is 54.6 Å². The van der Waals surface area contributed by atoms with Gasteiger partial charge in [0.05, 0.1) is 25.7 Å². The molecule has 224 valence electrons. The number of hydrogen-bond donors (Lipinski definition) is 3. The number of carboxylic acid groups (broad SMARTS) is 1. The number of methoxy groups -OCH3 is 1. The molecule has 0 aliphatic heterocycles. The van der Waals surface area contributed by atoms with E-state index in [0.29, 0.717) is 52.9 Å². The van der Waals surface area contributed by atoms with Crippen LogP contribution in [0.5, 0.6) is 23.0 Å². The van der Waals surface area contributed by atoms with Gasteiger partial charge in [0.15, 0.2) is 11.5 Å². The van der Waals surface area contributed by atoms with Crippen molar-refractivity contribution in [1.82, 2.24) is 4.98 Å². The van der Waals surface area contributed by atoms with Crippen LogP contribution in [-0.2, 0) is 11.2 Å². The molecule has 0 saturated heterocycles. The third-order valence-electron chi connectivity index (χ3n) is 6.87. The van der Waals surface area contributed by atoms with Crippen LogP contribution in [0.25, 0.3) is 10.9 Å². The van der Waals surface area contributed by atoms with Crippen molar-refractivity contribution in [2.75, 3.05) is 30.9 Å². The van der Waals surface area contributed by atoms with Crippen LogP contribution in [0.4, 0.5) is 11.4 Å². The van der Waals surface area contributed by atoms with Gasteiger partial charge in [0, 0.05) is 41.1 Å². The molecule has 0 unspecified atom stereocenters. The lowest BCUT2D eigenvalue weighted by Crippen LogP contribution is -2.11. The fourth-order valence-corrected chi connectivity index (χ4v) is 4.66. The van der Waals surface area contributed by atoms with Crippen molar-refractivity contribution in [3.63, 3.8) is 0 Å². The zero-order chi connectivity index (χ0) is 30.7. The van der Waals surface area contributed by atoms with E-state index in [2.05, 4.69) is 15.6 Å². The van der Waals surface area contributed by atoms with Gasteiger partial charge in [0.1, 0.15) is 11.5 Å². The first-order valence-electron chi connectivity index (χ1n) is 14.3. The predicted octanol–water partition coefficient (Wildman–Crippen LogP) is 7.19. The maximum atomic E-state index is 12.4. The summed E-state index contributed by atoms with van der Waals surface area (Å²) < 4.78 is 17.9. The highest BCUT2D eigenvalue weighted by atomic mass is 16.5. The number of para-hydroxylation sites is 1. The monoisotopic (exact) mass is 591 g/mol. The van der Waals surface area contributed by atoms with Gasteiger partial charge in [-0.05, 0) is 73.0 Å². The van der Waals surface area contributed by atoms with Crippen LogP contribution in [0, 0.1) is 0 Å². The number of anilines is 2. The van der Waals surface area contributed by atoms with E-state index in [-0.39, 0.29) is 12.3 Å². The van der Waals surface area contributed by atoms with Gasteiger partial charge in [0.25, 0.3) is 5.91 Å². The molecule has 5 aromatic rings. The Morgan fingerprint density at radius 2 is 1.61 bits per heavy atom. The summed E-state index contributed by atoms with van der Waals surface area (Å²) in [5.74, 6) is 1.33. The molecule has 1 aromatic heterocycles. The first-order chi connectivity index (χ1) is 21.5. The molecule has 1 heterocycles. The number of aromatic nitrogens is 1. The number of nitrogens with zero attached hydrogens (tertiary/aromatic N) is 1. The van der Waals surface area contributed by atoms with Gasteiger partial charge in [-0.1, -0.05) is 36.4 Å². The summed E-state index contributed by atoms with van der Waals surface area (Å²) in [4.78, 5) is 28.0. The standard InChI is InChI=1S/C35H33N3O6/c1-42-32-22-28-30(23-33(32)43-20-8-7-18-36-29-12-6-5-11-25(29)21-34(39)40)37-19-17-31(28)44-27-15-13-26(14-16-27)38-35(41)24-9-3-2-4-10-24/h2-6,9-17,19,22-23,36H,7-8,18,20-21H2,1H3,(H,38,41)(H,39,40). The molecule has 1 amide bonds. The molecule has 0 aliphatic carbocycles. The third-order valence-corrected chi connectivity index (χ3v) is 6.87. The molecule has 0 saturated carbocycles. The van der Waals surface area contributed by atoms with Gasteiger partial charge in [0.2, 0.25) is 0 Å². The number of hydrogen-bond acceptors (Lipinski definition) is 7. The van der Waals surface area contributed by atoms with E-state index in [9.17, 15) is 9.59 Å². The van der Waals surface area contributed by atoms with Gasteiger partial charge in [-0.2, -0.15) is 0 Å². The lowest BCUT2D eigenvalue weighted by atomic mass is 10.1. The molecule has 9 heteroatoms. The fourth-order valence-electron chi connectivity index (χ4n) is 4.66. The summed E-state index contributed by atoms with van der Waals surface area (Å²) in [6.45, 7) is 1.17. The number of benzene rings is 4. The Kier molecular flexibility index (Phi) is 9.89. The first kappa shape index (κ1) is 29.9. The number of carbonyl (C=O) groups is 2. The second-order valence-electron chi connectivity index (χ2n) is 9.99. The maximum absolute atomic E-state index is 12.4. The lowest BCUT2D eigenvalue weighted by Gasteiger charge is -2.14. The Bertz CT molecular complexity index is 1720. The van der Waals surface area contributed by atoms with Crippen LogP contribution in [-0.4, -0.2) is 42.2 Å². The van der Waals surface area contributed by atoms with Crippen molar-refractivity contribution in [2.24, 2.45) is 0 Å². The molecule has 3 N–H and O–H groups in total. The maximum Gasteiger partial charge on any atom is 0.307 e. The Morgan fingerprint density at radius 3 is 2.39 bits per heavy atom. The van der Waals surface area contributed by atoms with Crippen LogP contribution in [0.3, 0.4) is 0 Å². The summed E-state index contributed by atoms with van der Waals surface area (Å²) in [6, 6.07) is 29.1.